The third kappa shape index (κ3) is 4.42. The number of hydrogen-bond donors (Lipinski definition) is 0. The SMILES string of the molecule is CN1CCC2(CC1)CCN(CCCC(=O)c1ccc(F)cc1)CC2. The van der Waals surface area contributed by atoms with Gasteiger partial charge >= 0.3 is 0 Å². The normalized spacial score (nSPS) is 21.9. The molecule has 0 aromatic heterocycles. The summed E-state index contributed by atoms with van der Waals surface area (Å²) < 4.78 is 12.9. The number of carbonyl (C=O) groups excluding carboxylic acids is 1. The number of Topliss-reactive ketones (excluding diaryl/α,β-unsaturated/α-hetero) is 1. The highest BCUT2D eigenvalue weighted by Crippen LogP contribution is 2.40. The van der Waals surface area contributed by atoms with E-state index in [2.05, 4.69) is 16.8 Å². The topological polar surface area (TPSA) is 23.6 Å². The first-order valence-corrected chi connectivity index (χ1v) is 9.26. The molecule has 132 valence electrons. The maximum absolute atomic E-state index is 12.9. The molecule has 0 unspecified atom stereocenters. The largest absolute Gasteiger partial charge is 0.306 e. The highest BCUT2D eigenvalue weighted by Gasteiger charge is 2.36. The molecule has 2 fully saturated rings. The Hall–Kier alpha value is -1.26. The number of ketones is 1. The van der Waals surface area contributed by atoms with Crippen molar-refractivity contribution in [3.05, 3.63) is 35.6 Å². The third-order valence-electron chi connectivity index (χ3n) is 6.01. The zero-order valence-electron chi connectivity index (χ0n) is 14.8. The molecule has 0 atom stereocenters. The fraction of sp³-hybridized carbons (Fsp3) is 0.650. The van der Waals surface area contributed by atoms with E-state index in [9.17, 15) is 9.18 Å². The highest BCUT2D eigenvalue weighted by molar-refractivity contribution is 5.95. The lowest BCUT2D eigenvalue weighted by atomic mass is 9.71. The van der Waals surface area contributed by atoms with Crippen LogP contribution in [-0.4, -0.2) is 55.4 Å². The second kappa shape index (κ2) is 7.75. The molecule has 0 aliphatic carbocycles. The van der Waals surface area contributed by atoms with Crippen molar-refractivity contribution in [3.8, 4) is 0 Å². The van der Waals surface area contributed by atoms with E-state index in [0.717, 1.165) is 13.0 Å². The van der Waals surface area contributed by atoms with Crippen LogP contribution in [0.15, 0.2) is 24.3 Å². The van der Waals surface area contributed by atoms with E-state index in [1.807, 2.05) is 0 Å². The molecule has 3 nitrogen and oxygen atoms in total. The lowest BCUT2D eigenvalue weighted by Gasteiger charge is -2.46. The maximum Gasteiger partial charge on any atom is 0.162 e. The van der Waals surface area contributed by atoms with Gasteiger partial charge in [-0.25, -0.2) is 4.39 Å². The minimum Gasteiger partial charge on any atom is -0.306 e. The maximum atomic E-state index is 12.9. The highest BCUT2D eigenvalue weighted by atomic mass is 19.1. The lowest BCUT2D eigenvalue weighted by Crippen LogP contribution is -2.46. The molecule has 1 aromatic carbocycles. The van der Waals surface area contributed by atoms with Gasteiger partial charge in [-0.15, -0.1) is 0 Å². The summed E-state index contributed by atoms with van der Waals surface area (Å²) in [5.74, 6) is -0.165. The smallest absolute Gasteiger partial charge is 0.162 e. The van der Waals surface area contributed by atoms with Crippen molar-refractivity contribution in [3.63, 3.8) is 0 Å². The number of likely N-dealkylation sites (tertiary alicyclic amines) is 2. The Kier molecular flexibility index (Phi) is 5.67. The van der Waals surface area contributed by atoms with Gasteiger partial charge < -0.3 is 9.80 Å². The van der Waals surface area contributed by atoms with E-state index in [-0.39, 0.29) is 11.6 Å². The molecule has 0 amide bonds. The van der Waals surface area contributed by atoms with Crippen LogP contribution in [0.25, 0.3) is 0 Å². The number of halogens is 1. The molecule has 0 radical (unpaired) electrons. The number of piperidine rings is 2. The number of benzene rings is 1. The molecule has 1 spiro atoms. The monoisotopic (exact) mass is 332 g/mol. The quantitative estimate of drug-likeness (QED) is 0.770. The molecule has 2 aliphatic heterocycles. The third-order valence-corrected chi connectivity index (χ3v) is 6.01. The standard InChI is InChI=1S/C20H29FN2O/c1-22-13-8-20(9-14-22)10-15-23(16-11-20)12-2-3-19(24)17-4-6-18(21)7-5-17/h4-7H,2-3,8-16H2,1H3. The van der Waals surface area contributed by atoms with Crippen LogP contribution in [0, 0.1) is 11.2 Å². The van der Waals surface area contributed by atoms with Gasteiger partial charge in [0.05, 0.1) is 0 Å². The van der Waals surface area contributed by atoms with Crippen LogP contribution in [-0.2, 0) is 0 Å². The molecule has 2 saturated heterocycles. The average Bonchev–Trinajstić information content (AvgIpc) is 2.60. The minimum absolute atomic E-state index is 0.124. The van der Waals surface area contributed by atoms with Crippen LogP contribution < -0.4 is 0 Å². The van der Waals surface area contributed by atoms with E-state index < -0.39 is 0 Å². The predicted molar refractivity (Wildman–Crippen MR) is 94.8 cm³/mol. The summed E-state index contributed by atoms with van der Waals surface area (Å²) in [6.45, 7) is 5.84. The Bertz CT molecular complexity index is 539. The Labute approximate surface area is 144 Å². The van der Waals surface area contributed by atoms with Gasteiger partial charge in [0.2, 0.25) is 0 Å². The van der Waals surface area contributed by atoms with Crippen molar-refractivity contribution < 1.29 is 9.18 Å². The van der Waals surface area contributed by atoms with Gasteiger partial charge in [-0.2, -0.15) is 0 Å². The van der Waals surface area contributed by atoms with Crippen LogP contribution in [0.5, 0.6) is 0 Å². The van der Waals surface area contributed by atoms with Crippen molar-refractivity contribution in [2.75, 3.05) is 39.8 Å². The van der Waals surface area contributed by atoms with E-state index >= 15 is 0 Å². The average molecular weight is 332 g/mol. The van der Waals surface area contributed by atoms with Crippen molar-refractivity contribution in [1.29, 1.82) is 0 Å². The molecule has 24 heavy (non-hydrogen) atoms. The first-order chi connectivity index (χ1) is 11.6. The number of hydrogen-bond acceptors (Lipinski definition) is 3. The molecule has 1 aromatic rings. The second-order valence-electron chi connectivity index (χ2n) is 7.68. The van der Waals surface area contributed by atoms with Gasteiger partial charge in [0.1, 0.15) is 5.82 Å². The fourth-order valence-electron chi connectivity index (χ4n) is 4.09. The minimum atomic E-state index is -0.289. The van der Waals surface area contributed by atoms with Crippen molar-refractivity contribution in [1.82, 2.24) is 9.80 Å². The first-order valence-electron chi connectivity index (χ1n) is 9.26. The van der Waals surface area contributed by atoms with E-state index in [4.69, 9.17) is 0 Å². The molecule has 0 saturated carbocycles. The zero-order valence-corrected chi connectivity index (χ0v) is 14.8. The summed E-state index contributed by atoms with van der Waals surface area (Å²) in [6, 6.07) is 5.89. The molecule has 2 aliphatic rings. The molecular weight excluding hydrogens is 303 g/mol. The predicted octanol–water partition coefficient (Wildman–Crippen LogP) is 3.60. The fourth-order valence-corrected chi connectivity index (χ4v) is 4.09. The van der Waals surface area contributed by atoms with Crippen molar-refractivity contribution >= 4 is 5.78 Å². The number of rotatable bonds is 5. The van der Waals surface area contributed by atoms with E-state index in [0.29, 0.717) is 17.4 Å². The lowest BCUT2D eigenvalue weighted by molar-refractivity contribution is 0.0422. The van der Waals surface area contributed by atoms with Gasteiger partial charge in [-0.3, -0.25) is 4.79 Å². The van der Waals surface area contributed by atoms with Crippen LogP contribution in [0.4, 0.5) is 4.39 Å². The number of nitrogens with zero attached hydrogens (tertiary/aromatic N) is 2. The molecule has 3 rings (SSSR count). The van der Waals surface area contributed by atoms with Crippen molar-refractivity contribution in [2.45, 2.75) is 38.5 Å². The summed E-state index contributed by atoms with van der Waals surface area (Å²) in [5, 5.41) is 0. The Morgan fingerprint density at radius 1 is 1.04 bits per heavy atom. The molecule has 4 heteroatoms. The summed E-state index contributed by atoms with van der Waals surface area (Å²) in [7, 11) is 2.22. The molecule has 2 heterocycles. The van der Waals surface area contributed by atoms with Gasteiger partial charge in [0.25, 0.3) is 0 Å². The zero-order chi connectivity index (χ0) is 17.0. The van der Waals surface area contributed by atoms with E-state index in [1.54, 1.807) is 12.1 Å². The molecular formula is C20H29FN2O. The van der Waals surface area contributed by atoms with Crippen LogP contribution in [0.2, 0.25) is 0 Å². The summed E-state index contributed by atoms with van der Waals surface area (Å²) in [5.41, 5.74) is 1.22. The van der Waals surface area contributed by atoms with E-state index in [1.165, 1.54) is 64.0 Å². The van der Waals surface area contributed by atoms with Crippen LogP contribution in [0.1, 0.15) is 48.9 Å². The first kappa shape index (κ1) is 17.6. The Morgan fingerprint density at radius 2 is 1.62 bits per heavy atom. The summed E-state index contributed by atoms with van der Waals surface area (Å²) >= 11 is 0. The molecule has 0 N–H and O–H groups in total. The van der Waals surface area contributed by atoms with Gasteiger partial charge in [0, 0.05) is 12.0 Å². The van der Waals surface area contributed by atoms with Crippen LogP contribution in [0.3, 0.4) is 0 Å². The summed E-state index contributed by atoms with van der Waals surface area (Å²) in [6.07, 6.45) is 6.77. The Balaban J connectivity index is 1.38. The molecule has 0 bridgehead atoms. The van der Waals surface area contributed by atoms with Gasteiger partial charge in [0.15, 0.2) is 5.78 Å². The van der Waals surface area contributed by atoms with Gasteiger partial charge in [-0.05, 0) is 102 Å². The van der Waals surface area contributed by atoms with Crippen LogP contribution >= 0.6 is 0 Å². The van der Waals surface area contributed by atoms with Crippen molar-refractivity contribution in [2.24, 2.45) is 5.41 Å². The summed E-state index contributed by atoms with van der Waals surface area (Å²) in [4.78, 5) is 17.1. The second-order valence-corrected chi connectivity index (χ2v) is 7.68. The Morgan fingerprint density at radius 3 is 2.25 bits per heavy atom. The van der Waals surface area contributed by atoms with Gasteiger partial charge in [-0.1, -0.05) is 0 Å². The number of carbonyl (C=O) groups is 1.